The first-order valence-electron chi connectivity index (χ1n) is 5.42. The van der Waals surface area contributed by atoms with Crippen molar-refractivity contribution in [3.05, 3.63) is 0 Å². The van der Waals surface area contributed by atoms with E-state index in [9.17, 15) is 0 Å². The number of hydrazone groups is 1. The first-order valence-corrected chi connectivity index (χ1v) is 9.13. The van der Waals surface area contributed by atoms with Crippen molar-refractivity contribution in [2.24, 2.45) is 5.10 Å². The van der Waals surface area contributed by atoms with Crippen LogP contribution in [0.25, 0.3) is 0 Å². The standard InChI is InChI=1S/C10H22N2O2Si/c1-13-10-5-6-11-12(10)9-14-7-8-15(2,3)4/h6,10H,5,7-9H2,1-4H3. The molecule has 0 aliphatic carbocycles. The second-order valence-electron chi connectivity index (χ2n) is 5.01. The molecule has 0 bridgehead atoms. The molecule has 0 fully saturated rings. The molecule has 1 atom stereocenters. The summed E-state index contributed by atoms with van der Waals surface area (Å²) in [7, 11) is 0.730. The third kappa shape index (κ3) is 4.77. The van der Waals surface area contributed by atoms with Crippen molar-refractivity contribution >= 4 is 14.3 Å². The van der Waals surface area contributed by atoms with Gasteiger partial charge in [-0.1, -0.05) is 19.6 Å². The molecule has 5 heteroatoms. The average Bonchev–Trinajstić information content (AvgIpc) is 2.58. The first kappa shape index (κ1) is 12.7. The fourth-order valence-corrected chi connectivity index (χ4v) is 2.07. The van der Waals surface area contributed by atoms with Crippen molar-refractivity contribution in [2.75, 3.05) is 20.4 Å². The van der Waals surface area contributed by atoms with Crippen LogP contribution in [0.2, 0.25) is 25.7 Å². The largest absolute Gasteiger partial charge is 0.360 e. The molecule has 0 saturated carbocycles. The molecule has 0 aromatic carbocycles. The highest BCUT2D eigenvalue weighted by Crippen LogP contribution is 2.12. The zero-order chi connectivity index (χ0) is 11.3. The lowest BCUT2D eigenvalue weighted by Gasteiger charge is -2.23. The highest BCUT2D eigenvalue weighted by atomic mass is 28.3. The van der Waals surface area contributed by atoms with E-state index in [1.807, 2.05) is 11.2 Å². The summed E-state index contributed by atoms with van der Waals surface area (Å²) in [5, 5.41) is 6.04. The van der Waals surface area contributed by atoms with E-state index in [0.717, 1.165) is 13.0 Å². The molecule has 0 N–H and O–H groups in total. The van der Waals surface area contributed by atoms with Crippen LogP contribution in [0.4, 0.5) is 0 Å². The molecule has 1 rings (SSSR count). The summed E-state index contributed by atoms with van der Waals surface area (Å²) in [6.07, 6.45) is 2.79. The molecule has 1 unspecified atom stereocenters. The molecular formula is C10H22N2O2Si. The summed E-state index contributed by atoms with van der Waals surface area (Å²) < 4.78 is 10.8. The van der Waals surface area contributed by atoms with E-state index < -0.39 is 8.07 Å². The van der Waals surface area contributed by atoms with Crippen molar-refractivity contribution in [3.8, 4) is 0 Å². The minimum atomic E-state index is -0.972. The smallest absolute Gasteiger partial charge is 0.152 e. The summed E-state index contributed by atoms with van der Waals surface area (Å²) in [5.74, 6) is 0. The van der Waals surface area contributed by atoms with Crippen molar-refractivity contribution in [2.45, 2.75) is 38.3 Å². The number of rotatable bonds is 6. The Kier molecular flexibility index (Phi) is 4.75. The maximum Gasteiger partial charge on any atom is 0.152 e. The Labute approximate surface area is 93.3 Å². The first-order chi connectivity index (χ1) is 7.03. The van der Waals surface area contributed by atoms with Crippen LogP contribution in [0, 0.1) is 0 Å². The third-order valence-electron chi connectivity index (χ3n) is 2.36. The summed E-state index contributed by atoms with van der Waals surface area (Å²) in [6, 6.07) is 1.20. The molecule has 0 amide bonds. The normalized spacial score (nSPS) is 21.3. The fraction of sp³-hybridized carbons (Fsp3) is 0.900. The predicted molar refractivity (Wildman–Crippen MR) is 64.7 cm³/mol. The monoisotopic (exact) mass is 230 g/mol. The van der Waals surface area contributed by atoms with Gasteiger partial charge in [0.15, 0.2) is 6.23 Å². The summed E-state index contributed by atoms with van der Waals surface area (Å²) in [4.78, 5) is 0. The molecule has 0 aromatic heterocycles. The highest BCUT2D eigenvalue weighted by Gasteiger charge is 2.20. The van der Waals surface area contributed by atoms with Crippen LogP contribution in [0.5, 0.6) is 0 Å². The van der Waals surface area contributed by atoms with E-state index in [2.05, 4.69) is 24.7 Å². The van der Waals surface area contributed by atoms with Gasteiger partial charge in [0.05, 0.1) is 0 Å². The molecule has 0 saturated heterocycles. The van der Waals surface area contributed by atoms with Gasteiger partial charge in [-0.25, -0.2) is 5.01 Å². The molecule has 1 aliphatic rings. The van der Waals surface area contributed by atoms with Crippen molar-refractivity contribution < 1.29 is 9.47 Å². The lowest BCUT2D eigenvalue weighted by Crippen LogP contribution is -2.31. The molecule has 1 heterocycles. The number of methoxy groups -OCH3 is 1. The second kappa shape index (κ2) is 5.63. The number of hydrogen-bond acceptors (Lipinski definition) is 4. The Morgan fingerprint density at radius 2 is 2.20 bits per heavy atom. The topological polar surface area (TPSA) is 34.1 Å². The van der Waals surface area contributed by atoms with E-state index in [4.69, 9.17) is 9.47 Å². The Bertz CT molecular complexity index is 216. The van der Waals surface area contributed by atoms with E-state index in [0.29, 0.717) is 6.73 Å². The van der Waals surface area contributed by atoms with E-state index >= 15 is 0 Å². The summed E-state index contributed by atoms with van der Waals surface area (Å²) in [6.45, 7) is 8.42. The van der Waals surface area contributed by atoms with Gasteiger partial charge in [-0.15, -0.1) is 0 Å². The van der Waals surface area contributed by atoms with E-state index in [1.54, 1.807) is 7.11 Å². The number of ether oxygens (including phenoxy) is 2. The van der Waals surface area contributed by atoms with Gasteiger partial charge in [0.25, 0.3) is 0 Å². The Morgan fingerprint density at radius 3 is 2.80 bits per heavy atom. The minimum absolute atomic E-state index is 0.0666. The Balaban J connectivity index is 2.12. The van der Waals surface area contributed by atoms with Crippen LogP contribution in [0.1, 0.15) is 6.42 Å². The fourth-order valence-electron chi connectivity index (χ4n) is 1.31. The van der Waals surface area contributed by atoms with Crippen LogP contribution in [0.15, 0.2) is 5.10 Å². The third-order valence-corrected chi connectivity index (χ3v) is 4.07. The molecule has 1 aliphatic heterocycles. The van der Waals surface area contributed by atoms with Gasteiger partial charge in [-0.2, -0.15) is 5.10 Å². The minimum Gasteiger partial charge on any atom is -0.360 e. The number of nitrogens with zero attached hydrogens (tertiary/aromatic N) is 2. The average molecular weight is 230 g/mol. The van der Waals surface area contributed by atoms with Crippen LogP contribution < -0.4 is 0 Å². The van der Waals surface area contributed by atoms with Crippen LogP contribution >= 0.6 is 0 Å². The van der Waals surface area contributed by atoms with Crippen molar-refractivity contribution in [1.82, 2.24) is 5.01 Å². The molecule has 15 heavy (non-hydrogen) atoms. The Hall–Kier alpha value is -0.393. The van der Waals surface area contributed by atoms with Gasteiger partial charge in [-0.3, -0.25) is 0 Å². The van der Waals surface area contributed by atoms with E-state index in [-0.39, 0.29) is 6.23 Å². The molecule has 4 nitrogen and oxygen atoms in total. The van der Waals surface area contributed by atoms with Crippen LogP contribution in [-0.4, -0.2) is 46.0 Å². The predicted octanol–water partition coefficient (Wildman–Crippen LogP) is 1.96. The van der Waals surface area contributed by atoms with Crippen molar-refractivity contribution in [1.29, 1.82) is 0 Å². The SMILES string of the molecule is COC1CC=NN1COCC[Si](C)(C)C. The molecule has 0 radical (unpaired) electrons. The molecular weight excluding hydrogens is 208 g/mol. The maximum atomic E-state index is 5.59. The van der Waals surface area contributed by atoms with Gasteiger partial charge in [0, 0.05) is 34.4 Å². The van der Waals surface area contributed by atoms with Crippen LogP contribution in [0.3, 0.4) is 0 Å². The van der Waals surface area contributed by atoms with E-state index in [1.165, 1.54) is 6.04 Å². The quantitative estimate of drug-likeness (QED) is 0.517. The number of hydrogen-bond donors (Lipinski definition) is 0. The maximum absolute atomic E-state index is 5.59. The van der Waals surface area contributed by atoms with Gasteiger partial charge in [-0.05, 0) is 6.04 Å². The summed E-state index contributed by atoms with van der Waals surface area (Å²) in [5.41, 5.74) is 0. The van der Waals surface area contributed by atoms with Gasteiger partial charge >= 0.3 is 0 Å². The van der Waals surface area contributed by atoms with Gasteiger partial charge < -0.3 is 9.47 Å². The molecule has 0 spiro atoms. The summed E-state index contributed by atoms with van der Waals surface area (Å²) >= 11 is 0. The highest BCUT2D eigenvalue weighted by molar-refractivity contribution is 6.76. The van der Waals surface area contributed by atoms with Gasteiger partial charge in [0.1, 0.15) is 6.73 Å². The zero-order valence-corrected chi connectivity index (χ0v) is 11.2. The molecule has 0 aromatic rings. The lowest BCUT2D eigenvalue weighted by molar-refractivity contribution is -0.0749. The van der Waals surface area contributed by atoms with Crippen LogP contribution in [-0.2, 0) is 9.47 Å². The lowest BCUT2D eigenvalue weighted by atomic mass is 10.4. The van der Waals surface area contributed by atoms with Crippen molar-refractivity contribution in [3.63, 3.8) is 0 Å². The Morgan fingerprint density at radius 1 is 1.47 bits per heavy atom. The zero-order valence-electron chi connectivity index (χ0n) is 10.2. The van der Waals surface area contributed by atoms with Gasteiger partial charge in [0.2, 0.25) is 0 Å². The second-order valence-corrected chi connectivity index (χ2v) is 10.6. The molecule has 88 valence electrons.